The van der Waals surface area contributed by atoms with Crippen LogP contribution in [0.3, 0.4) is 0 Å². The molecule has 0 aliphatic carbocycles. The molecule has 0 heterocycles. The summed E-state index contributed by atoms with van der Waals surface area (Å²) in [7, 11) is 0. The van der Waals surface area contributed by atoms with Crippen LogP contribution in [0.5, 0.6) is 0 Å². The molecule has 20 heavy (non-hydrogen) atoms. The molecule has 0 aliphatic heterocycles. The number of hydrogen-bond acceptors (Lipinski definition) is 0. The number of nitrogens with zero attached hydrogens (tertiary/aromatic N) is 1. The molecule has 2 atom stereocenters. The van der Waals surface area contributed by atoms with Gasteiger partial charge in [0.1, 0.15) is 0 Å². The molecule has 0 saturated carbocycles. The van der Waals surface area contributed by atoms with Gasteiger partial charge in [-0.05, 0) is 11.6 Å². The molecule has 0 bridgehead atoms. The zero-order valence-corrected chi connectivity index (χ0v) is 13.2. The summed E-state index contributed by atoms with van der Waals surface area (Å²) in [6.07, 6.45) is 0. The van der Waals surface area contributed by atoms with Gasteiger partial charge in [0.2, 0.25) is 5.67 Å². The number of benzene rings is 2. The minimum Gasteiger partial charge on any atom is -1.00 e. The maximum atomic E-state index is 6.06. The highest BCUT2D eigenvalue weighted by Gasteiger charge is 2.24. The van der Waals surface area contributed by atoms with Crippen molar-refractivity contribution in [1.29, 1.82) is 0 Å². The van der Waals surface area contributed by atoms with Crippen molar-refractivity contribution in [2.75, 3.05) is 0 Å². The summed E-state index contributed by atoms with van der Waals surface area (Å²) in [5, 5.41) is 0. The Morgan fingerprint density at radius 1 is 0.800 bits per heavy atom. The van der Waals surface area contributed by atoms with Crippen LogP contribution in [0.4, 0.5) is 0 Å². The quantitative estimate of drug-likeness (QED) is 0.598. The van der Waals surface area contributed by atoms with Crippen LogP contribution in [0.2, 0.25) is 0 Å². The Hall–Kier alpha value is -1.31. The Morgan fingerprint density at radius 3 is 1.45 bits per heavy atom. The van der Waals surface area contributed by atoms with Crippen LogP contribution in [0.15, 0.2) is 60.7 Å². The molecule has 0 spiro atoms. The van der Waals surface area contributed by atoms with E-state index in [4.69, 9.17) is 11.6 Å². The molecule has 0 unspecified atom stereocenters. The summed E-state index contributed by atoms with van der Waals surface area (Å²) in [6, 6.07) is 21.3. The van der Waals surface area contributed by atoms with Crippen LogP contribution in [0, 0.1) is 0 Å². The Kier molecular flexibility index (Phi) is 6.77. The van der Waals surface area contributed by atoms with Crippen molar-refractivity contribution in [2.24, 2.45) is 0 Å². The summed E-state index contributed by atoms with van der Waals surface area (Å²) in [5.74, 6) is 0. The molecule has 0 aromatic heterocycles. The van der Waals surface area contributed by atoms with Gasteiger partial charge in [-0.2, -0.15) is 0 Å². The van der Waals surface area contributed by atoms with Crippen molar-refractivity contribution in [2.45, 2.75) is 25.9 Å². The fourth-order valence-electron chi connectivity index (χ4n) is 2.31. The first-order chi connectivity index (χ1) is 9.24. The van der Waals surface area contributed by atoms with Crippen molar-refractivity contribution in [1.82, 2.24) is 0 Å². The van der Waals surface area contributed by atoms with E-state index in [1.807, 2.05) is 12.1 Å². The van der Waals surface area contributed by atoms with Crippen LogP contribution in [-0.4, -0.2) is 10.2 Å². The highest BCUT2D eigenvalue weighted by Crippen LogP contribution is 2.25. The molecular formula is C17H19Cl2N. The predicted molar refractivity (Wildman–Crippen MR) is 81.9 cm³/mol. The molecule has 0 fully saturated rings. The standard InChI is InChI=1S/C17H19ClN.ClH/c1-14(16-9-5-3-6-10-16)19(13-18)15(2)17-11-7-4-8-12-17;/h3-15H,1-2H3;1H/q+1;/p-1/t14-,15-;/m1./s1. The first kappa shape index (κ1) is 16.7. The van der Waals surface area contributed by atoms with Crippen LogP contribution >= 0.6 is 11.6 Å². The van der Waals surface area contributed by atoms with Gasteiger partial charge in [-0.1, -0.05) is 60.7 Å². The highest BCUT2D eigenvalue weighted by atomic mass is 35.5. The maximum Gasteiger partial charge on any atom is 0.233 e. The molecule has 0 aliphatic rings. The molecular weight excluding hydrogens is 289 g/mol. The van der Waals surface area contributed by atoms with E-state index in [0.717, 1.165) is 0 Å². The third kappa shape index (κ3) is 3.84. The molecule has 0 saturated heterocycles. The lowest BCUT2D eigenvalue weighted by Gasteiger charge is -2.17. The average Bonchev–Trinajstić information content (AvgIpc) is 2.49. The van der Waals surface area contributed by atoms with E-state index in [9.17, 15) is 0 Å². The first-order valence-corrected chi connectivity index (χ1v) is 6.98. The summed E-state index contributed by atoms with van der Waals surface area (Å²) >= 11 is 6.06. The van der Waals surface area contributed by atoms with Crippen molar-refractivity contribution >= 4 is 17.3 Å². The monoisotopic (exact) mass is 307 g/mol. The first-order valence-electron chi connectivity index (χ1n) is 6.55. The summed E-state index contributed by atoms with van der Waals surface area (Å²) in [4.78, 5) is 0. The summed E-state index contributed by atoms with van der Waals surface area (Å²) < 4.78 is 2.17. The fourth-order valence-corrected chi connectivity index (χ4v) is 2.65. The SMILES string of the molecule is C[C@H](c1ccccc1)[N+](=CCl)[C@H](C)c1ccccc1.[Cl-]. The van der Waals surface area contributed by atoms with Gasteiger partial charge in [0, 0.05) is 25.0 Å². The molecule has 106 valence electrons. The minimum absolute atomic E-state index is 0. The second-order valence-electron chi connectivity index (χ2n) is 4.72. The fraction of sp³-hybridized carbons (Fsp3) is 0.235. The second kappa shape index (κ2) is 8.08. The normalized spacial score (nSPS) is 12.9. The van der Waals surface area contributed by atoms with Crippen molar-refractivity contribution < 1.29 is 17.0 Å². The van der Waals surface area contributed by atoms with Crippen LogP contribution in [0.1, 0.15) is 37.1 Å². The Balaban J connectivity index is 0.00000200. The van der Waals surface area contributed by atoms with Crippen molar-refractivity contribution in [3.8, 4) is 0 Å². The van der Waals surface area contributed by atoms with E-state index >= 15 is 0 Å². The van der Waals surface area contributed by atoms with E-state index in [1.165, 1.54) is 11.1 Å². The van der Waals surface area contributed by atoms with Gasteiger partial charge in [0.05, 0.1) is 0 Å². The van der Waals surface area contributed by atoms with E-state index < -0.39 is 0 Å². The topological polar surface area (TPSA) is 3.01 Å². The number of halogens is 2. The molecule has 3 heteroatoms. The third-order valence-corrected chi connectivity index (χ3v) is 3.80. The third-order valence-electron chi connectivity index (χ3n) is 3.57. The number of hydrogen-bond donors (Lipinski definition) is 0. The number of rotatable bonds is 4. The van der Waals surface area contributed by atoms with Gasteiger partial charge >= 0.3 is 0 Å². The molecule has 2 aromatic carbocycles. The Labute approximate surface area is 132 Å². The lowest BCUT2D eigenvalue weighted by atomic mass is 10.0. The Morgan fingerprint density at radius 2 is 1.15 bits per heavy atom. The van der Waals surface area contributed by atoms with E-state index in [0.29, 0.717) is 0 Å². The minimum atomic E-state index is 0. The summed E-state index contributed by atoms with van der Waals surface area (Å²) in [6.45, 7) is 4.35. The van der Waals surface area contributed by atoms with Crippen molar-refractivity contribution in [3.05, 3.63) is 71.8 Å². The molecule has 0 N–H and O–H groups in total. The van der Waals surface area contributed by atoms with Crippen LogP contribution < -0.4 is 12.4 Å². The maximum absolute atomic E-state index is 6.06. The van der Waals surface area contributed by atoms with Gasteiger partial charge in [-0.25, -0.2) is 4.58 Å². The smallest absolute Gasteiger partial charge is 0.233 e. The van der Waals surface area contributed by atoms with E-state index in [2.05, 4.69) is 67.0 Å². The molecule has 0 radical (unpaired) electrons. The van der Waals surface area contributed by atoms with Crippen molar-refractivity contribution in [3.63, 3.8) is 0 Å². The van der Waals surface area contributed by atoms with Gasteiger partial charge in [-0.3, -0.25) is 0 Å². The van der Waals surface area contributed by atoms with Gasteiger partial charge in [-0.15, -0.1) is 0 Å². The molecule has 2 rings (SSSR count). The van der Waals surface area contributed by atoms with Gasteiger partial charge < -0.3 is 12.4 Å². The molecule has 0 amide bonds. The van der Waals surface area contributed by atoms with Crippen LogP contribution in [-0.2, 0) is 0 Å². The molecule has 1 nitrogen and oxygen atoms in total. The summed E-state index contributed by atoms with van der Waals surface area (Å²) in [5.41, 5.74) is 4.19. The average molecular weight is 308 g/mol. The second-order valence-corrected chi connectivity index (χ2v) is 4.91. The lowest BCUT2D eigenvalue weighted by molar-refractivity contribution is -0.601. The van der Waals surface area contributed by atoms with Crippen LogP contribution in [0.25, 0.3) is 0 Å². The lowest BCUT2D eigenvalue weighted by Crippen LogP contribution is -3.00. The highest BCUT2D eigenvalue weighted by molar-refractivity contribution is 6.54. The Bertz CT molecular complexity index is 490. The molecule has 2 aromatic rings. The van der Waals surface area contributed by atoms with E-state index in [1.54, 1.807) is 5.67 Å². The van der Waals surface area contributed by atoms with Gasteiger partial charge in [0.15, 0.2) is 12.1 Å². The van der Waals surface area contributed by atoms with Gasteiger partial charge in [0.25, 0.3) is 0 Å². The largest absolute Gasteiger partial charge is 1.00 e. The zero-order chi connectivity index (χ0) is 13.7. The zero-order valence-electron chi connectivity index (χ0n) is 11.7. The van der Waals surface area contributed by atoms with E-state index in [-0.39, 0.29) is 24.5 Å². The predicted octanol–water partition coefficient (Wildman–Crippen LogP) is 1.79.